The molecule has 0 bridgehead atoms. The number of benzene rings is 1. The minimum Gasteiger partial charge on any atom is -0.463 e. The number of thioether (sulfide) groups is 1. The third-order valence-corrected chi connectivity index (χ3v) is 6.66. The predicted octanol–water partition coefficient (Wildman–Crippen LogP) is 2.92. The fourth-order valence-electron chi connectivity index (χ4n) is 3.51. The third kappa shape index (κ3) is 4.13. The van der Waals surface area contributed by atoms with Gasteiger partial charge in [0.25, 0.3) is 5.56 Å². The van der Waals surface area contributed by atoms with E-state index < -0.39 is 12.0 Å². The summed E-state index contributed by atoms with van der Waals surface area (Å²) in [5.74, 6) is -0.454. The highest BCUT2D eigenvalue weighted by atomic mass is 32.2. The van der Waals surface area contributed by atoms with Crippen molar-refractivity contribution in [2.75, 3.05) is 12.9 Å². The summed E-state index contributed by atoms with van der Waals surface area (Å²) in [4.78, 5) is 36.7. The SMILES string of the molecule is CCOC(=O)C1=C(C)N=c2sc(=Cc3cccnc3)c(=O)n2C1c1ccc(SC)cc1. The van der Waals surface area contributed by atoms with Crippen LogP contribution in [0, 0.1) is 0 Å². The zero-order valence-corrected chi connectivity index (χ0v) is 19.0. The van der Waals surface area contributed by atoms with Crippen molar-refractivity contribution in [3.05, 3.63) is 90.9 Å². The molecule has 0 saturated carbocycles. The summed E-state index contributed by atoms with van der Waals surface area (Å²) in [7, 11) is 0. The van der Waals surface area contributed by atoms with Crippen LogP contribution in [0.25, 0.3) is 6.08 Å². The quantitative estimate of drug-likeness (QED) is 0.441. The maximum Gasteiger partial charge on any atom is 0.338 e. The summed E-state index contributed by atoms with van der Waals surface area (Å²) in [6.07, 6.45) is 7.19. The maximum absolute atomic E-state index is 13.4. The average molecular weight is 452 g/mol. The number of pyridine rings is 1. The fourth-order valence-corrected chi connectivity index (χ4v) is 4.96. The van der Waals surface area contributed by atoms with E-state index >= 15 is 0 Å². The van der Waals surface area contributed by atoms with Crippen molar-refractivity contribution in [2.24, 2.45) is 4.99 Å². The van der Waals surface area contributed by atoms with Crippen molar-refractivity contribution in [3.63, 3.8) is 0 Å². The van der Waals surface area contributed by atoms with Gasteiger partial charge in [-0.25, -0.2) is 9.79 Å². The molecule has 0 aliphatic carbocycles. The van der Waals surface area contributed by atoms with Crippen LogP contribution in [0.15, 0.2) is 74.7 Å². The first-order chi connectivity index (χ1) is 15.0. The molecule has 0 spiro atoms. The Morgan fingerprint density at radius 1 is 1.29 bits per heavy atom. The molecule has 2 aromatic heterocycles. The smallest absolute Gasteiger partial charge is 0.338 e. The van der Waals surface area contributed by atoms with E-state index in [1.165, 1.54) is 11.3 Å². The van der Waals surface area contributed by atoms with Crippen molar-refractivity contribution in [3.8, 4) is 0 Å². The van der Waals surface area contributed by atoms with Gasteiger partial charge in [0.05, 0.1) is 28.5 Å². The Bertz CT molecular complexity index is 1320. The van der Waals surface area contributed by atoms with E-state index in [-0.39, 0.29) is 12.2 Å². The monoisotopic (exact) mass is 451 g/mol. The van der Waals surface area contributed by atoms with Crippen LogP contribution in [-0.4, -0.2) is 28.4 Å². The van der Waals surface area contributed by atoms with Gasteiger partial charge in [0.15, 0.2) is 4.80 Å². The van der Waals surface area contributed by atoms with Gasteiger partial charge >= 0.3 is 5.97 Å². The van der Waals surface area contributed by atoms with Crippen molar-refractivity contribution < 1.29 is 9.53 Å². The summed E-state index contributed by atoms with van der Waals surface area (Å²) in [6.45, 7) is 3.80. The molecule has 158 valence electrons. The first-order valence-corrected chi connectivity index (χ1v) is 11.8. The number of rotatable bonds is 5. The number of esters is 1. The molecule has 1 unspecified atom stereocenters. The van der Waals surface area contributed by atoms with Gasteiger partial charge in [0.2, 0.25) is 0 Å². The summed E-state index contributed by atoms with van der Waals surface area (Å²) in [6, 6.07) is 11.0. The lowest BCUT2D eigenvalue weighted by atomic mass is 9.96. The Morgan fingerprint density at radius 2 is 2.06 bits per heavy atom. The molecular formula is C23H21N3O3S2. The molecule has 8 heteroatoms. The topological polar surface area (TPSA) is 73.6 Å². The molecule has 0 radical (unpaired) electrons. The number of hydrogen-bond acceptors (Lipinski definition) is 7. The number of carbonyl (C=O) groups is 1. The van der Waals surface area contributed by atoms with Crippen molar-refractivity contribution in [2.45, 2.75) is 24.8 Å². The lowest BCUT2D eigenvalue weighted by molar-refractivity contribution is -0.139. The van der Waals surface area contributed by atoms with Crippen molar-refractivity contribution in [1.82, 2.24) is 9.55 Å². The Balaban J connectivity index is 1.95. The second kappa shape index (κ2) is 9.03. The van der Waals surface area contributed by atoms with Gasteiger partial charge in [-0.15, -0.1) is 11.8 Å². The Morgan fingerprint density at radius 3 is 2.71 bits per heavy atom. The van der Waals surface area contributed by atoms with Gasteiger partial charge in [-0.1, -0.05) is 29.5 Å². The molecule has 1 aliphatic heterocycles. The second-order valence-corrected chi connectivity index (χ2v) is 8.75. The van der Waals surface area contributed by atoms with Crippen LogP contribution >= 0.6 is 23.1 Å². The molecule has 1 aliphatic rings. The highest BCUT2D eigenvalue weighted by molar-refractivity contribution is 7.98. The molecule has 0 amide bonds. The first kappa shape index (κ1) is 21.3. The number of carbonyl (C=O) groups excluding carboxylic acids is 1. The highest BCUT2D eigenvalue weighted by Gasteiger charge is 2.33. The van der Waals surface area contributed by atoms with Gasteiger partial charge in [-0.2, -0.15) is 0 Å². The Hall–Kier alpha value is -2.97. The minimum atomic E-state index is -0.595. The van der Waals surface area contributed by atoms with E-state index in [9.17, 15) is 9.59 Å². The van der Waals surface area contributed by atoms with Crippen LogP contribution in [0.5, 0.6) is 0 Å². The molecular weight excluding hydrogens is 430 g/mol. The molecule has 1 aromatic carbocycles. The number of nitrogens with zero attached hydrogens (tertiary/aromatic N) is 3. The number of allylic oxidation sites excluding steroid dienone is 1. The predicted molar refractivity (Wildman–Crippen MR) is 123 cm³/mol. The summed E-state index contributed by atoms with van der Waals surface area (Å²) in [5, 5.41) is 0. The first-order valence-electron chi connectivity index (χ1n) is 9.77. The van der Waals surface area contributed by atoms with Gasteiger partial charge in [0.1, 0.15) is 0 Å². The minimum absolute atomic E-state index is 0.194. The third-order valence-electron chi connectivity index (χ3n) is 4.93. The van der Waals surface area contributed by atoms with Crippen LogP contribution in [-0.2, 0) is 9.53 Å². The second-order valence-electron chi connectivity index (χ2n) is 6.86. The molecule has 3 heterocycles. The highest BCUT2D eigenvalue weighted by Crippen LogP contribution is 2.31. The molecule has 0 N–H and O–H groups in total. The van der Waals surface area contributed by atoms with Crippen LogP contribution in [0.1, 0.15) is 31.0 Å². The van der Waals surface area contributed by atoms with E-state index in [4.69, 9.17) is 4.74 Å². The molecule has 3 aromatic rings. The molecule has 31 heavy (non-hydrogen) atoms. The summed E-state index contributed by atoms with van der Waals surface area (Å²) < 4.78 is 7.45. The number of fused-ring (bicyclic) bond motifs is 1. The van der Waals surface area contributed by atoms with Crippen molar-refractivity contribution >= 4 is 35.1 Å². The zero-order valence-electron chi connectivity index (χ0n) is 17.4. The molecule has 1 atom stereocenters. The van der Waals surface area contributed by atoms with Crippen LogP contribution in [0.2, 0.25) is 0 Å². The average Bonchev–Trinajstić information content (AvgIpc) is 3.08. The largest absolute Gasteiger partial charge is 0.463 e. The van der Waals surface area contributed by atoms with E-state index in [0.29, 0.717) is 20.6 Å². The maximum atomic E-state index is 13.4. The summed E-state index contributed by atoms with van der Waals surface area (Å²) in [5.41, 5.74) is 2.42. The van der Waals surface area contributed by atoms with E-state index in [1.807, 2.05) is 42.7 Å². The van der Waals surface area contributed by atoms with Crippen LogP contribution in [0.3, 0.4) is 0 Å². The van der Waals surface area contributed by atoms with Gasteiger partial charge in [-0.3, -0.25) is 14.3 Å². The van der Waals surface area contributed by atoms with Crippen LogP contribution in [0.4, 0.5) is 0 Å². The molecule has 0 saturated heterocycles. The lowest BCUT2D eigenvalue weighted by Crippen LogP contribution is -2.39. The van der Waals surface area contributed by atoms with Crippen LogP contribution < -0.4 is 14.9 Å². The number of ether oxygens (including phenoxy) is 1. The van der Waals surface area contributed by atoms with Gasteiger partial charge in [-0.05, 0) is 55.5 Å². The standard InChI is InChI=1S/C23H21N3O3S2/c1-4-29-22(28)19-14(2)25-23-26(20(19)16-7-9-17(30-3)10-8-16)21(27)18(31-23)12-15-6-5-11-24-13-15/h5-13,20H,4H2,1-3H3. The Labute approximate surface area is 187 Å². The van der Waals surface area contributed by atoms with Gasteiger partial charge in [0, 0.05) is 17.3 Å². The van der Waals surface area contributed by atoms with Crippen molar-refractivity contribution in [1.29, 1.82) is 0 Å². The molecule has 0 fully saturated rings. The molecule has 6 nitrogen and oxygen atoms in total. The zero-order chi connectivity index (χ0) is 22.0. The number of hydrogen-bond donors (Lipinski definition) is 0. The van der Waals surface area contributed by atoms with E-state index in [0.717, 1.165) is 16.0 Å². The summed E-state index contributed by atoms with van der Waals surface area (Å²) >= 11 is 2.94. The van der Waals surface area contributed by atoms with Gasteiger partial charge < -0.3 is 4.74 Å². The van der Waals surface area contributed by atoms with E-state index in [2.05, 4.69) is 9.98 Å². The van der Waals surface area contributed by atoms with E-state index in [1.54, 1.807) is 48.6 Å². The molecule has 4 rings (SSSR count). The lowest BCUT2D eigenvalue weighted by Gasteiger charge is -2.24. The Kier molecular flexibility index (Phi) is 6.20. The number of thiazole rings is 1. The fraction of sp³-hybridized carbons (Fsp3) is 0.217. The number of aromatic nitrogens is 2. The normalized spacial score (nSPS) is 16.1.